The Kier molecular flexibility index (Phi) is 3.20. The molecule has 0 saturated carbocycles. The third-order valence-corrected chi connectivity index (χ3v) is 2.94. The van der Waals surface area contributed by atoms with Crippen molar-refractivity contribution in [2.45, 2.75) is 6.92 Å². The molecule has 0 aliphatic carbocycles. The van der Waals surface area contributed by atoms with Crippen LogP contribution in [0.15, 0.2) is 36.4 Å². The highest BCUT2D eigenvalue weighted by molar-refractivity contribution is 6.31. The SMILES string of the molecule is Cc1c(Cl)cccc1Nc1ccc(N)cc1F. The number of hydrogen-bond acceptors (Lipinski definition) is 2. The van der Waals surface area contributed by atoms with Crippen molar-refractivity contribution in [3.63, 3.8) is 0 Å². The lowest BCUT2D eigenvalue weighted by Crippen LogP contribution is -1.97. The van der Waals surface area contributed by atoms with E-state index in [4.69, 9.17) is 17.3 Å². The van der Waals surface area contributed by atoms with Crippen molar-refractivity contribution in [1.82, 2.24) is 0 Å². The van der Waals surface area contributed by atoms with Gasteiger partial charge in [0.25, 0.3) is 0 Å². The van der Waals surface area contributed by atoms with E-state index in [0.717, 1.165) is 11.3 Å². The van der Waals surface area contributed by atoms with Crippen LogP contribution < -0.4 is 11.1 Å². The van der Waals surface area contributed by atoms with Crippen molar-refractivity contribution in [2.24, 2.45) is 0 Å². The van der Waals surface area contributed by atoms with Crippen LogP contribution in [0.3, 0.4) is 0 Å². The van der Waals surface area contributed by atoms with E-state index in [1.54, 1.807) is 18.2 Å². The van der Waals surface area contributed by atoms with Crippen molar-refractivity contribution in [1.29, 1.82) is 0 Å². The molecule has 0 fully saturated rings. The lowest BCUT2D eigenvalue weighted by atomic mass is 10.2. The second-order valence-corrected chi connectivity index (χ2v) is 4.18. The number of nitrogens with one attached hydrogen (secondary N) is 1. The highest BCUT2D eigenvalue weighted by Crippen LogP contribution is 2.27. The zero-order chi connectivity index (χ0) is 12.4. The Balaban J connectivity index is 2.35. The van der Waals surface area contributed by atoms with Gasteiger partial charge in [-0.15, -0.1) is 0 Å². The summed E-state index contributed by atoms with van der Waals surface area (Å²) in [5, 5.41) is 3.64. The Hall–Kier alpha value is -1.74. The van der Waals surface area contributed by atoms with Gasteiger partial charge in [0.05, 0.1) is 5.69 Å². The predicted octanol–water partition coefficient (Wildman–Crippen LogP) is 4.11. The van der Waals surface area contributed by atoms with Gasteiger partial charge in [0.1, 0.15) is 5.82 Å². The molecule has 0 heterocycles. The van der Waals surface area contributed by atoms with Crippen LogP contribution in [-0.2, 0) is 0 Å². The lowest BCUT2D eigenvalue weighted by Gasteiger charge is -2.11. The zero-order valence-corrected chi connectivity index (χ0v) is 10.1. The molecule has 0 bridgehead atoms. The Morgan fingerprint density at radius 3 is 2.65 bits per heavy atom. The standard InChI is InChI=1S/C13H12ClFN2/c1-8-10(14)3-2-4-12(8)17-13-6-5-9(16)7-11(13)15/h2-7,17H,16H2,1H3. The van der Waals surface area contributed by atoms with E-state index in [0.29, 0.717) is 16.4 Å². The smallest absolute Gasteiger partial charge is 0.148 e. The van der Waals surface area contributed by atoms with Crippen molar-refractivity contribution in [2.75, 3.05) is 11.1 Å². The average molecular weight is 251 g/mol. The van der Waals surface area contributed by atoms with Crippen LogP contribution in [0.25, 0.3) is 0 Å². The molecular weight excluding hydrogens is 239 g/mol. The van der Waals surface area contributed by atoms with E-state index in [1.807, 2.05) is 19.1 Å². The van der Waals surface area contributed by atoms with Gasteiger partial charge in [0.15, 0.2) is 0 Å². The number of nitrogens with two attached hydrogens (primary N) is 1. The van der Waals surface area contributed by atoms with E-state index in [2.05, 4.69) is 5.32 Å². The van der Waals surface area contributed by atoms with Gasteiger partial charge < -0.3 is 11.1 Å². The Labute approximate surface area is 104 Å². The summed E-state index contributed by atoms with van der Waals surface area (Å²) in [5.74, 6) is -0.385. The van der Waals surface area contributed by atoms with Crippen LogP contribution in [0.4, 0.5) is 21.5 Å². The molecule has 0 unspecified atom stereocenters. The third-order valence-electron chi connectivity index (χ3n) is 2.53. The van der Waals surface area contributed by atoms with Crippen molar-refractivity contribution in [3.05, 3.63) is 52.8 Å². The second-order valence-electron chi connectivity index (χ2n) is 3.78. The predicted molar refractivity (Wildman–Crippen MR) is 70.3 cm³/mol. The molecule has 0 atom stereocenters. The molecule has 2 aromatic rings. The first-order chi connectivity index (χ1) is 8.08. The van der Waals surface area contributed by atoms with Gasteiger partial charge in [0.2, 0.25) is 0 Å². The summed E-state index contributed by atoms with van der Waals surface area (Å²) in [4.78, 5) is 0. The lowest BCUT2D eigenvalue weighted by molar-refractivity contribution is 0.632. The first-order valence-corrected chi connectivity index (χ1v) is 5.53. The molecule has 4 heteroatoms. The van der Waals surface area contributed by atoms with Crippen LogP contribution in [0.1, 0.15) is 5.56 Å². The van der Waals surface area contributed by atoms with E-state index in [-0.39, 0.29) is 5.82 Å². The summed E-state index contributed by atoms with van der Waals surface area (Å²) in [7, 11) is 0. The molecule has 2 aromatic carbocycles. The van der Waals surface area contributed by atoms with Crippen LogP contribution in [0.5, 0.6) is 0 Å². The maximum atomic E-state index is 13.6. The maximum absolute atomic E-state index is 13.6. The monoisotopic (exact) mass is 250 g/mol. The van der Waals surface area contributed by atoms with Gasteiger partial charge in [-0.2, -0.15) is 0 Å². The fraction of sp³-hybridized carbons (Fsp3) is 0.0769. The number of benzene rings is 2. The quantitative estimate of drug-likeness (QED) is 0.787. The van der Waals surface area contributed by atoms with E-state index in [1.165, 1.54) is 6.07 Å². The fourth-order valence-electron chi connectivity index (χ4n) is 1.52. The van der Waals surface area contributed by atoms with Gasteiger partial charge >= 0.3 is 0 Å². The molecule has 0 aliphatic heterocycles. The van der Waals surface area contributed by atoms with Crippen LogP contribution in [0, 0.1) is 12.7 Å². The van der Waals surface area contributed by atoms with E-state index < -0.39 is 0 Å². The van der Waals surface area contributed by atoms with Gasteiger partial charge in [-0.1, -0.05) is 17.7 Å². The summed E-state index contributed by atoms with van der Waals surface area (Å²) in [6, 6.07) is 9.98. The number of rotatable bonds is 2. The summed E-state index contributed by atoms with van der Waals surface area (Å²) < 4.78 is 13.6. The number of anilines is 3. The Morgan fingerprint density at radius 1 is 1.18 bits per heavy atom. The van der Waals surface area contributed by atoms with Gasteiger partial charge in [-0.25, -0.2) is 4.39 Å². The molecule has 0 amide bonds. The third kappa shape index (κ3) is 2.50. The normalized spacial score (nSPS) is 10.3. The topological polar surface area (TPSA) is 38.0 Å². The molecule has 0 spiro atoms. The average Bonchev–Trinajstić information content (AvgIpc) is 2.28. The van der Waals surface area contributed by atoms with Crippen LogP contribution in [-0.4, -0.2) is 0 Å². The molecule has 3 N–H and O–H groups in total. The molecule has 0 aliphatic rings. The molecule has 0 saturated heterocycles. The van der Waals surface area contributed by atoms with Crippen molar-refractivity contribution >= 4 is 28.7 Å². The molecular formula is C13H12ClFN2. The van der Waals surface area contributed by atoms with Crippen LogP contribution in [0.2, 0.25) is 5.02 Å². The van der Waals surface area contributed by atoms with Crippen molar-refractivity contribution in [3.8, 4) is 0 Å². The first kappa shape index (κ1) is 11.7. The largest absolute Gasteiger partial charge is 0.399 e. The number of hydrogen-bond donors (Lipinski definition) is 2. The molecule has 2 rings (SSSR count). The summed E-state index contributed by atoms with van der Waals surface area (Å²) in [5.41, 5.74) is 7.92. The minimum absolute atomic E-state index is 0.379. The van der Waals surface area contributed by atoms with E-state index >= 15 is 0 Å². The molecule has 2 nitrogen and oxygen atoms in total. The molecule has 88 valence electrons. The van der Waals surface area contributed by atoms with Crippen LogP contribution >= 0.6 is 11.6 Å². The summed E-state index contributed by atoms with van der Waals surface area (Å²) in [6.45, 7) is 1.87. The molecule has 0 radical (unpaired) electrons. The van der Waals surface area contributed by atoms with Gasteiger partial charge in [-0.3, -0.25) is 0 Å². The highest BCUT2D eigenvalue weighted by atomic mass is 35.5. The second kappa shape index (κ2) is 4.63. The van der Waals surface area contributed by atoms with Gasteiger partial charge in [-0.05, 0) is 42.8 Å². The Morgan fingerprint density at radius 2 is 1.94 bits per heavy atom. The zero-order valence-electron chi connectivity index (χ0n) is 9.30. The first-order valence-electron chi connectivity index (χ1n) is 5.15. The Bertz CT molecular complexity index is 555. The minimum atomic E-state index is -0.385. The molecule has 0 aromatic heterocycles. The fourth-order valence-corrected chi connectivity index (χ4v) is 1.70. The van der Waals surface area contributed by atoms with Gasteiger partial charge in [0, 0.05) is 16.4 Å². The number of halogens is 2. The number of nitrogen functional groups attached to an aromatic ring is 1. The summed E-state index contributed by atoms with van der Waals surface area (Å²) in [6.07, 6.45) is 0. The summed E-state index contributed by atoms with van der Waals surface area (Å²) >= 11 is 5.99. The highest BCUT2D eigenvalue weighted by Gasteiger charge is 2.06. The maximum Gasteiger partial charge on any atom is 0.148 e. The van der Waals surface area contributed by atoms with Crippen molar-refractivity contribution < 1.29 is 4.39 Å². The molecule has 17 heavy (non-hydrogen) atoms. The minimum Gasteiger partial charge on any atom is -0.399 e. The van der Waals surface area contributed by atoms with E-state index in [9.17, 15) is 4.39 Å².